The lowest BCUT2D eigenvalue weighted by Crippen LogP contribution is -2.62. The van der Waals surface area contributed by atoms with Gasteiger partial charge in [0.05, 0.1) is 18.5 Å². The van der Waals surface area contributed by atoms with E-state index < -0.39 is 10.0 Å². The number of aliphatic hydroxyl groups is 2. The summed E-state index contributed by atoms with van der Waals surface area (Å²) in [6, 6.07) is 0. The molecule has 1 aromatic rings. The summed E-state index contributed by atoms with van der Waals surface area (Å²) in [5, 5.41) is 30.5. The number of aliphatic hydroxyl groups excluding tert-OH is 2. The molecule has 1 aromatic heterocycles. The van der Waals surface area contributed by atoms with Crippen molar-refractivity contribution >= 4 is 16.0 Å². The minimum Gasteiger partial charge on any atom is -0.393 e. The molecule has 9 heteroatoms. The van der Waals surface area contributed by atoms with Gasteiger partial charge in [-0.05, 0) is 104 Å². The molecule has 4 aliphatic rings. The average Bonchev–Trinajstić information content (AvgIpc) is 3.41. The van der Waals surface area contributed by atoms with E-state index in [1.54, 1.807) is 0 Å². The first-order valence-electron chi connectivity index (χ1n) is 14.6. The molecule has 4 N–H and O–H groups in total. The van der Waals surface area contributed by atoms with Gasteiger partial charge in [-0.25, -0.2) is 8.42 Å². The van der Waals surface area contributed by atoms with Crippen LogP contribution >= 0.6 is 0 Å². The Balaban J connectivity index is 1.30. The molecule has 0 aromatic carbocycles. The van der Waals surface area contributed by atoms with Crippen molar-refractivity contribution in [1.29, 1.82) is 0 Å². The smallest absolute Gasteiger partial charge is 0.235 e. The average molecular weight is 537 g/mol. The maximum absolute atomic E-state index is 11.9. The van der Waals surface area contributed by atoms with Crippen LogP contribution in [0.1, 0.15) is 91.3 Å². The van der Waals surface area contributed by atoms with Crippen molar-refractivity contribution in [2.75, 3.05) is 11.0 Å². The Kier molecular flexibility index (Phi) is 7.23. The second-order valence-electron chi connectivity index (χ2n) is 13.6. The molecule has 0 aliphatic heterocycles. The number of hydrogen-bond acceptors (Lipinski definition) is 6. The number of aromatic nitrogens is 3. The third kappa shape index (κ3) is 4.75. The highest BCUT2D eigenvalue weighted by molar-refractivity contribution is 7.91. The molecule has 0 radical (unpaired) electrons. The maximum atomic E-state index is 11.9. The molecule has 4 fully saturated rings. The van der Waals surface area contributed by atoms with Gasteiger partial charge in [-0.1, -0.05) is 34.1 Å². The van der Waals surface area contributed by atoms with Crippen LogP contribution in [-0.2, 0) is 16.4 Å². The highest BCUT2D eigenvalue weighted by Gasteiger charge is 2.64. The Morgan fingerprint density at radius 2 is 1.76 bits per heavy atom. The van der Waals surface area contributed by atoms with E-state index in [4.69, 9.17) is 0 Å². The third-order valence-electron chi connectivity index (χ3n) is 11.8. The van der Waals surface area contributed by atoms with Crippen molar-refractivity contribution in [2.24, 2.45) is 52.3 Å². The van der Waals surface area contributed by atoms with Crippen molar-refractivity contribution < 1.29 is 18.6 Å². The fourth-order valence-corrected chi connectivity index (χ4v) is 10.6. The maximum Gasteiger partial charge on any atom is 0.235 e. The molecular formula is C28H48N4O4S. The van der Waals surface area contributed by atoms with Gasteiger partial charge in [-0.3, -0.25) is 4.72 Å². The van der Waals surface area contributed by atoms with Gasteiger partial charge in [0, 0.05) is 6.42 Å². The number of nitrogens with zero attached hydrogens (tertiary/aromatic N) is 2. The van der Waals surface area contributed by atoms with Gasteiger partial charge in [0.15, 0.2) is 0 Å². The van der Waals surface area contributed by atoms with Gasteiger partial charge in [0.25, 0.3) is 0 Å². The van der Waals surface area contributed by atoms with E-state index in [0.29, 0.717) is 47.2 Å². The fraction of sp³-hybridized carbons (Fsp3) is 0.929. The molecular weight excluding hydrogens is 488 g/mol. The normalized spacial score (nSPS) is 44.5. The lowest BCUT2D eigenvalue weighted by Gasteiger charge is -2.64. The van der Waals surface area contributed by atoms with Crippen molar-refractivity contribution in [3.05, 3.63) is 5.82 Å². The first kappa shape index (κ1) is 27.4. The van der Waals surface area contributed by atoms with Crippen LogP contribution in [0.5, 0.6) is 0 Å². The van der Waals surface area contributed by atoms with Crippen LogP contribution in [0.15, 0.2) is 0 Å². The van der Waals surface area contributed by atoms with Crippen LogP contribution in [0.3, 0.4) is 0 Å². The standard InChI is InChI=1S/C28H48N4O4S/c1-6-18-22-15-17(33)11-13-28(22,4)21-12-14-27(3)19(8-9-20(27)24(21)25(18)34)16(2)7-10-23-29-26(31-30-23)32-37(5,35)36/h16-22,24-25,33-34H,6-15H2,1-5H3,(H2,29,30,31,32)/t16-,17-,18-,19?,20+,21+,22?,24?,25-,27?,28?/m1/s1. The first-order chi connectivity index (χ1) is 17.4. The molecule has 5 rings (SSSR count). The van der Waals surface area contributed by atoms with Crippen LogP contribution in [0.2, 0.25) is 0 Å². The van der Waals surface area contributed by atoms with Gasteiger partial charge >= 0.3 is 0 Å². The summed E-state index contributed by atoms with van der Waals surface area (Å²) < 4.78 is 25.3. The summed E-state index contributed by atoms with van der Waals surface area (Å²) in [4.78, 5) is 3.01. The Labute approximate surface area is 222 Å². The molecule has 4 aliphatic carbocycles. The van der Waals surface area contributed by atoms with E-state index in [1.807, 2.05) is 0 Å². The molecule has 1 heterocycles. The van der Waals surface area contributed by atoms with Crippen LogP contribution in [0.25, 0.3) is 0 Å². The lowest BCUT2D eigenvalue weighted by molar-refractivity contribution is -0.203. The predicted octanol–water partition coefficient (Wildman–Crippen LogP) is 4.37. The second kappa shape index (κ2) is 9.77. The minimum atomic E-state index is -3.38. The number of aryl methyl sites for hydroxylation is 1. The lowest BCUT2D eigenvalue weighted by atomic mass is 9.41. The highest BCUT2D eigenvalue weighted by Crippen LogP contribution is 2.69. The monoisotopic (exact) mass is 536 g/mol. The highest BCUT2D eigenvalue weighted by atomic mass is 32.2. The molecule has 5 unspecified atom stereocenters. The quantitative estimate of drug-likeness (QED) is 0.410. The summed E-state index contributed by atoms with van der Waals surface area (Å²) in [5.41, 5.74) is 0.473. The molecule has 0 saturated heterocycles. The summed E-state index contributed by atoms with van der Waals surface area (Å²) >= 11 is 0. The zero-order valence-electron chi connectivity index (χ0n) is 23.3. The van der Waals surface area contributed by atoms with Gasteiger partial charge in [-0.2, -0.15) is 0 Å². The van der Waals surface area contributed by atoms with Gasteiger partial charge < -0.3 is 15.2 Å². The number of hydrogen-bond donors (Lipinski definition) is 4. The van der Waals surface area contributed by atoms with Crippen molar-refractivity contribution in [3.63, 3.8) is 0 Å². The number of aromatic amines is 1. The van der Waals surface area contributed by atoms with E-state index in [-0.39, 0.29) is 29.0 Å². The molecule has 8 nitrogen and oxygen atoms in total. The fourth-order valence-electron chi connectivity index (χ4n) is 10.1. The van der Waals surface area contributed by atoms with E-state index >= 15 is 0 Å². The van der Waals surface area contributed by atoms with Crippen LogP contribution in [0, 0.1) is 52.3 Å². The van der Waals surface area contributed by atoms with Crippen molar-refractivity contribution in [3.8, 4) is 0 Å². The molecule has 0 spiro atoms. The van der Waals surface area contributed by atoms with Crippen LogP contribution in [0.4, 0.5) is 5.95 Å². The Hall–Kier alpha value is -1.19. The summed E-state index contributed by atoms with van der Waals surface area (Å²) in [7, 11) is -3.38. The van der Waals surface area contributed by atoms with Crippen molar-refractivity contribution in [1.82, 2.24) is 15.2 Å². The molecule has 210 valence electrons. The molecule has 37 heavy (non-hydrogen) atoms. The summed E-state index contributed by atoms with van der Waals surface area (Å²) in [5.74, 6) is 4.23. The number of sulfonamides is 1. The molecule has 4 saturated carbocycles. The number of H-pyrrole nitrogens is 1. The number of anilines is 1. The number of fused-ring (bicyclic) bond motifs is 5. The van der Waals surface area contributed by atoms with Gasteiger partial charge in [-0.15, -0.1) is 10.2 Å². The van der Waals surface area contributed by atoms with Gasteiger partial charge in [0.2, 0.25) is 16.0 Å². The Morgan fingerprint density at radius 1 is 1.05 bits per heavy atom. The second-order valence-corrected chi connectivity index (χ2v) is 15.4. The van der Waals surface area contributed by atoms with Crippen LogP contribution in [-0.4, -0.2) is 52.3 Å². The summed E-state index contributed by atoms with van der Waals surface area (Å²) in [6.07, 6.45) is 11.1. The Morgan fingerprint density at radius 3 is 2.46 bits per heavy atom. The molecule has 0 bridgehead atoms. The van der Waals surface area contributed by atoms with Gasteiger partial charge in [0.1, 0.15) is 5.82 Å². The third-order valence-corrected chi connectivity index (χ3v) is 12.4. The van der Waals surface area contributed by atoms with E-state index in [2.05, 4.69) is 47.6 Å². The minimum absolute atomic E-state index is 0.176. The van der Waals surface area contributed by atoms with E-state index in [9.17, 15) is 18.6 Å². The van der Waals surface area contributed by atoms with E-state index in [1.165, 1.54) is 25.7 Å². The zero-order valence-corrected chi connectivity index (χ0v) is 24.1. The summed E-state index contributed by atoms with van der Waals surface area (Å²) in [6.45, 7) is 9.61. The van der Waals surface area contributed by atoms with E-state index in [0.717, 1.165) is 44.8 Å². The predicted molar refractivity (Wildman–Crippen MR) is 144 cm³/mol. The molecule has 11 atom stereocenters. The topological polar surface area (TPSA) is 128 Å². The van der Waals surface area contributed by atoms with Crippen LogP contribution < -0.4 is 4.72 Å². The Bertz CT molecular complexity index is 1080. The SMILES string of the molecule is CC[C@@H]1C2C[C@H](O)CCC2(C)[C@H]2CCC3(C)C([C@H](C)CCc4nnc(NS(C)(=O)=O)[nH]4)CC[C@H]3C2[C@@H]1O. The zero-order chi connectivity index (χ0) is 26.8. The number of rotatable bonds is 7. The number of nitrogens with one attached hydrogen (secondary N) is 2. The van der Waals surface area contributed by atoms with Crippen molar-refractivity contribution in [2.45, 2.75) is 104 Å². The molecule has 0 amide bonds. The largest absolute Gasteiger partial charge is 0.393 e. The first-order valence-corrected chi connectivity index (χ1v) is 16.5.